The lowest BCUT2D eigenvalue weighted by Gasteiger charge is -2.12. The number of aliphatic hydroxyl groups excluding tert-OH is 1. The molecule has 0 heterocycles. The van der Waals surface area contributed by atoms with Gasteiger partial charge in [-0.2, -0.15) is 0 Å². The molecule has 0 aromatic heterocycles. The van der Waals surface area contributed by atoms with E-state index in [1.54, 1.807) is 12.1 Å². The van der Waals surface area contributed by atoms with Crippen LogP contribution in [0.25, 0.3) is 0 Å². The van der Waals surface area contributed by atoms with Crippen molar-refractivity contribution < 1.29 is 14.6 Å². The first-order chi connectivity index (χ1) is 7.69. The maximum atomic E-state index is 9.14. The lowest BCUT2D eigenvalue weighted by Crippen LogP contribution is -2.08. The van der Waals surface area contributed by atoms with Gasteiger partial charge in [0.05, 0.1) is 18.2 Å². The van der Waals surface area contributed by atoms with Crippen LogP contribution in [0.15, 0.2) is 12.1 Å². The van der Waals surface area contributed by atoms with Crippen molar-refractivity contribution in [3.05, 3.63) is 27.7 Å². The fourth-order valence-electron chi connectivity index (χ4n) is 1.24. The van der Waals surface area contributed by atoms with Gasteiger partial charge in [0.2, 0.25) is 0 Å². The van der Waals surface area contributed by atoms with Crippen molar-refractivity contribution in [2.75, 3.05) is 19.8 Å². The first kappa shape index (κ1) is 13.6. The van der Waals surface area contributed by atoms with E-state index >= 15 is 0 Å². The number of hydrogen-bond donors (Lipinski definition) is 1. The second-order valence-corrected chi connectivity index (χ2v) is 3.92. The highest BCUT2D eigenvalue weighted by atomic mass is 35.5. The molecule has 0 atom stereocenters. The molecule has 0 aliphatic heterocycles. The topological polar surface area (TPSA) is 38.7 Å². The molecular weight excluding hydrogens is 251 g/mol. The normalized spacial score (nSPS) is 10.5. The van der Waals surface area contributed by atoms with Gasteiger partial charge < -0.3 is 14.6 Å². The van der Waals surface area contributed by atoms with Crippen molar-refractivity contribution in [3.63, 3.8) is 0 Å². The van der Waals surface area contributed by atoms with Crippen LogP contribution in [-0.4, -0.2) is 24.9 Å². The third-order valence-electron chi connectivity index (χ3n) is 1.93. The molecule has 0 aliphatic rings. The zero-order valence-electron chi connectivity index (χ0n) is 9.00. The molecule has 3 nitrogen and oxygen atoms in total. The van der Waals surface area contributed by atoms with E-state index in [9.17, 15) is 0 Å². The summed E-state index contributed by atoms with van der Waals surface area (Å²) in [7, 11) is 0. The summed E-state index contributed by atoms with van der Waals surface area (Å²) in [4.78, 5) is 0. The molecule has 0 spiro atoms. The fraction of sp³-hybridized carbons (Fsp3) is 0.455. The quantitative estimate of drug-likeness (QED) is 0.804. The molecule has 1 aromatic carbocycles. The van der Waals surface area contributed by atoms with Crippen LogP contribution in [0.2, 0.25) is 10.0 Å². The van der Waals surface area contributed by atoms with Gasteiger partial charge in [0.25, 0.3) is 0 Å². The third kappa shape index (κ3) is 3.83. The molecular formula is C11H14Cl2O3. The number of benzene rings is 1. The molecule has 0 fully saturated rings. The Morgan fingerprint density at radius 2 is 2.00 bits per heavy atom. The second kappa shape index (κ2) is 6.97. The van der Waals surface area contributed by atoms with Gasteiger partial charge >= 0.3 is 0 Å². The third-order valence-corrected chi connectivity index (χ3v) is 2.43. The highest BCUT2D eigenvalue weighted by Gasteiger charge is 2.09. The smallest absolute Gasteiger partial charge is 0.143 e. The molecule has 1 N–H and O–H groups in total. The predicted octanol–water partition coefficient (Wildman–Crippen LogP) is 2.90. The minimum Gasteiger partial charge on any atom is -0.489 e. The Labute approximate surface area is 105 Å². The number of halogens is 2. The highest BCUT2D eigenvalue weighted by molar-refractivity contribution is 6.35. The Kier molecular flexibility index (Phi) is 5.91. The molecule has 1 aromatic rings. The van der Waals surface area contributed by atoms with Crippen LogP contribution in [0.1, 0.15) is 12.5 Å². The molecule has 0 amide bonds. The number of hydrogen-bond acceptors (Lipinski definition) is 3. The Hall–Kier alpha value is -0.480. The summed E-state index contributed by atoms with van der Waals surface area (Å²) in [5, 5.41) is 10.0. The predicted molar refractivity (Wildman–Crippen MR) is 64.4 cm³/mol. The van der Waals surface area contributed by atoms with Crippen molar-refractivity contribution in [1.82, 2.24) is 0 Å². The Morgan fingerprint density at radius 3 is 2.62 bits per heavy atom. The Balaban J connectivity index is 2.70. The second-order valence-electron chi connectivity index (χ2n) is 3.08. The van der Waals surface area contributed by atoms with Crippen molar-refractivity contribution >= 4 is 23.2 Å². The molecule has 16 heavy (non-hydrogen) atoms. The van der Waals surface area contributed by atoms with E-state index in [0.29, 0.717) is 41.2 Å². The molecule has 1 rings (SSSR count). The number of aliphatic hydroxyl groups is 1. The van der Waals surface area contributed by atoms with Gasteiger partial charge in [-0.25, -0.2) is 0 Å². The van der Waals surface area contributed by atoms with E-state index in [0.717, 1.165) is 0 Å². The van der Waals surface area contributed by atoms with Crippen molar-refractivity contribution in [2.45, 2.75) is 13.5 Å². The van der Waals surface area contributed by atoms with Gasteiger partial charge in [-0.1, -0.05) is 23.2 Å². The summed E-state index contributed by atoms with van der Waals surface area (Å²) in [6.07, 6.45) is 0. The van der Waals surface area contributed by atoms with Crippen LogP contribution in [0.3, 0.4) is 0 Å². The number of ether oxygens (including phenoxy) is 2. The van der Waals surface area contributed by atoms with Crippen LogP contribution >= 0.6 is 23.2 Å². The van der Waals surface area contributed by atoms with Gasteiger partial charge in [-0.3, -0.25) is 0 Å². The lowest BCUT2D eigenvalue weighted by atomic mass is 10.2. The van der Waals surface area contributed by atoms with Gasteiger partial charge in [0.1, 0.15) is 12.4 Å². The monoisotopic (exact) mass is 264 g/mol. The molecule has 0 saturated heterocycles. The number of rotatable bonds is 6. The minimum absolute atomic E-state index is 0.162. The van der Waals surface area contributed by atoms with E-state index in [4.69, 9.17) is 37.8 Å². The minimum atomic E-state index is -0.162. The van der Waals surface area contributed by atoms with Crippen molar-refractivity contribution in [1.29, 1.82) is 0 Å². The zero-order valence-corrected chi connectivity index (χ0v) is 10.5. The summed E-state index contributed by atoms with van der Waals surface area (Å²) in [5.41, 5.74) is 0.578. The van der Waals surface area contributed by atoms with Gasteiger partial charge in [0, 0.05) is 17.2 Å². The largest absolute Gasteiger partial charge is 0.489 e. The Bertz CT molecular complexity index is 342. The van der Waals surface area contributed by atoms with Gasteiger partial charge in [-0.15, -0.1) is 0 Å². The lowest BCUT2D eigenvalue weighted by molar-refractivity contribution is 0.109. The molecule has 0 saturated carbocycles. The van der Waals surface area contributed by atoms with E-state index in [1.165, 1.54) is 0 Å². The summed E-state index contributed by atoms with van der Waals surface area (Å²) in [6.45, 7) is 3.27. The summed E-state index contributed by atoms with van der Waals surface area (Å²) in [6, 6.07) is 3.21. The summed E-state index contributed by atoms with van der Waals surface area (Å²) < 4.78 is 10.6. The molecule has 90 valence electrons. The fourth-order valence-corrected chi connectivity index (χ4v) is 1.83. The van der Waals surface area contributed by atoms with Gasteiger partial charge in [0.15, 0.2) is 0 Å². The molecule has 5 heteroatoms. The standard InChI is InChI=1S/C11H14Cl2O3/c1-2-15-3-4-16-11-8(7-14)5-9(12)6-10(11)13/h5-6,14H,2-4,7H2,1H3. The molecule has 0 radical (unpaired) electrons. The van der Waals surface area contributed by atoms with Crippen LogP contribution in [0, 0.1) is 0 Å². The van der Waals surface area contributed by atoms with E-state index < -0.39 is 0 Å². The van der Waals surface area contributed by atoms with Crippen LogP contribution in [0.5, 0.6) is 5.75 Å². The van der Waals surface area contributed by atoms with Crippen LogP contribution in [-0.2, 0) is 11.3 Å². The first-order valence-electron chi connectivity index (χ1n) is 4.98. The van der Waals surface area contributed by atoms with E-state index in [2.05, 4.69) is 0 Å². The maximum absolute atomic E-state index is 9.14. The van der Waals surface area contributed by atoms with Crippen LogP contribution in [0.4, 0.5) is 0 Å². The zero-order chi connectivity index (χ0) is 12.0. The molecule has 0 bridgehead atoms. The molecule has 0 aliphatic carbocycles. The average molecular weight is 265 g/mol. The highest BCUT2D eigenvalue weighted by Crippen LogP contribution is 2.32. The maximum Gasteiger partial charge on any atom is 0.143 e. The van der Waals surface area contributed by atoms with E-state index in [1.807, 2.05) is 6.92 Å². The Morgan fingerprint density at radius 1 is 1.25 bits per heavy atom. The van der Waals surface area contributed by atoms with Crippen molar-refractivity contribution in [3.8, 4) is 5.75 Å². The summed E-state index contributed by atoms with van der Waals surface area (Å²) >= 11 is 11.8. The average Bonchev–Trinajstić information content (AvgIpc) is 2.26. The van der Waals surface area contributed by atoms with E-state index in [-0.39, 0.29) is 6.61 Å². The van der Waals surface area contributed by atoms with Crippen LogP contribution < -0.4 is 4.74 Å². The van der Waals surface area contributed by atoms with Gasteiger partial charge in [-0.05, 0) is 19.1 Å². The molecule has 0 unspecified atom stereocenters. The van der Waals surface area contributed by atoms with Crippen molar-refractivity contribution in [2.24, 2.45) is 0 Å². The SMILES string of the molecule is CCOCCOc1c(Cl)cc(Cl)cc1CO. The first-order valence-corrected chi connectivity index (χ1v) is 5.74. The summed E-state index contributed by atoms with van der Waals surface area (Å²) in [5.74, 6) is 0.466.